The molecule has 0 aliphatic heterocycles. The molecule has 1 N–H and O–H groups in total. The molecule has 0 atom stereocenters. The molecule has 3 aromatic rings. The van der Waals surface area contributed by atoms with Crippen molar-refractivity contribution >= 4 is 11.6 Å². The number of hydrogen-bond donors (Lipinski definition) is 1. The van der Waals surface area contributed by atoms with E-state index in [1.54, 1.807) is 16.8 Å². The van der Waals surface area contributed by atoms with Crippen molar-refractivity contribution in [3.05, 3.63) is 77.1 Å². The molecular weight excluding hydrogens is 355 g/mol. The van der Waals surface area contributed by atoms with E-state index in [9.17, 15) is 18.0 Å². The van der Waals surface area contributed by atoms with E-state index in [2.05, 4.69) is 10.4 Å². The van der Waals surface area contributed by atoms with Crippen LogP contribution >= 0.6 is 0 Å². The SMILES string of the molecule is Cc1cc(C)n(-c2ccccc2NC(=O)Cc2cccc(C(F)(F)F)c2)n1. The molecule has 0 bridgehead atoms. The minimum absolute atomic E-state index is 0.157. The van der Waals surface area contributed by atoms with Crippen LogP contribution in [-0.4, -0.2) is 15.7 Å². The summed E-state index contributed by atoms with van der Waals surface area (Å²) in [6.45, 7) is 3.78. The van der Waals surface area contributed by atoms with E-state index >= 15 is 0 Å². The zero-order valence-corrected chi connectivity index (χ0v) is 14.8. The van der Waals surface area contributed by atoms with E-state index < -0.39 is 17.6 Å². The Kier molecular flexibility index (Phi) is 5.03. The van der Waals surface area contributed by atoms with Gasteiger partial charge in [-0.1, -0.05) is 30.3 Å². The molecule has 0 saturated carbocycles. The van der Waals surface area contributed by atoms with Gasteiger partial charge in [0.1, 0.15) is 0 Å². The average Bonchev–Trinajstić information content (AvgIpc) is 2.93. The molecular formula is C20H18F3N3O. The van der Waals surface area contributed by atoms with Gasteiger partial charge in [0.15, 0.2) is 0 Å². The van der Waals surface area contributed by atoms with Gasteiger partial charge in [-0.3, -0.25) is 4.79 Å². The second-order valence-corrected chi connectivity index (χ2v) is 6.28. The second kappa shape index (κ2) is 7.26. The van der Waals surface area contributed by atoms with Crippen molar-refractivity contribution in [1.29, 1.82) is 0 Å². The number of anilines is 1. The number of amides is 1. The lowest BCUT2D eigenvalue weighted by molar-refractivity contribution is -0.137. The van der Waals surface area contributed by atoms with Crippen molar-refractivity contribution in [3.8, 4) is 5.69 Å². The largest absolute Gasteiger partial charge is 0.416 e. The maximum atomic E-state index is 12.8. The minimum Gasteiger partial charge on any atom is -0.324 e. The Morgan fingerprint density at radius 2 is 1.81 bits per heavy atom. The molecule has 4 nitrogen and oxygen atoms in total. The Bertz CT molecular complexity index is 977. The fourth-order valence-electron chi connectivity index (χ4n) is 2.87. The summed E-state index contributed by atoms with van der Waals surface area (Å²) in [5.41, 5.74) is 2.52. The molecule has 1 amide bonds. The van der Waals surface area contributed by atoms with E-state index in [0.717, 1.165) is 23.5 Å². The molecule has 2 aromatic carbocycles. The predicted molar refractivity (Wildman–Crippen MR) is 96.8 cm³/mol. The van der Waals surface area contributed by atoms with Gasteiger partial charge in [0.2, 0.25) is 5.91 Å². The number of carbonyl (C=O) groups excluding carboxylic acids is 1. The number of aromatic nitrogens is 2. The number of nitrogens with zero attached hydrogens (tertiary/aromatic N) is 2. The first-order valence-corrected chi connectivity index (χ1v) is 8.33. The minimum atomic E-state index is -4.44. The highest BCUT2D eigenvalue weighted by molar-refractivity contribution is 5.94. The number of carbonyl (C=O) groups is 1. The van der Waals surface area contributed by atoms with Crippen LogP contribution in [0, 0.1) is 13.8 Å². The van der Waals surface area contributed by atoms with Crippen LogP contribution in [0.4, 0.5) is 18.9 Å². The maximum Gasteiger partial charge on any atom is 0.416 e. The molecule has 0 unspecified atom stereocenters. The number of para-hydroxylation sites is 2. The molecule has 0 spiro atoms. The number of rotatable bonds is 4. The van der Waals surface area contributed by atoms with Crippen LogP contribution in [0.3, 0.4) is 0 Å². The van der Waals surface area contributed by atoms with Crippen molar-refractivity contribution in [3.63, 3.8) is 0 Å². The molecule has 1 heterocycles. The van der Waals surface area contributed by atoms with Gasteiger partial charge in [-0.25, -0.2) is 4.68 Å². The number of benzene rings is 2. The van der Waals surface area contributed by atoms with Crippen molar-refractivity contribution in [2.75, 3.05) is 5.32 Å². The molecule has 7 heteroatoms. The summed E-state index contributed by atoms with van der Waals surface area (Å²) >= 11 is 0. The van der Waals surface area contributed by atoms with E-state index in [1.165, 1.54) is 12.1 Å². The molecule has 3 rings (SSSR count). The van der Waals surface area contributed by atoms with Crippen molar-refractivity contribution < 1.29 is 18.0 Å². The van der Waals surface area contributed by atoms with Crippen LogP contribution in [0.2, 0.25) is 0 Å². The fraction of sp³-hybridized carbons (Fsp3) is 0.200. The highest BCUT2D eigenvalue weighted by Crippen LogP contribution is 2.29. The number of alkyl halides is 3. The number of halogens is 3. The molecule has 140 valence electrons. The van der Waals surface area contributed by atoms with Gasteiger partial charge in [-0.05, 0) is 43.7 Å². The van der Waals surface area contributed by atoms with Gasteiger partial charge < -0.3 is 5.32 Å². The first kappa shape index (κ1) is 18.7. The summed E-state index contributed by atoms with van der Waals surface area (Å²) < 4.78 is 40.2. The molecule has 27 heavy (non-hydrogen) atoms. The maximum absolute atomic E-state index is 12.8. The van der Waals surface area contributed by atoms with Gasteiger partial charge in [-0.15, -0.1) is 0 Å². The smallest absolute Gasteiger partial charge is 0.324 e. The summed E-state index contributed by atoms with van der Waals surface area (Å²) in [6, 6.07) is 13.8. The molecule has 0 aliphatic carbocycles. The summed E-state index contributed by atoms with van der Waals surface area (Å²) in [4.78, 5) is 12.4. The molecule has 1 aromatic heterocycles. The Labute approximate surface area is 154 Å². The molecule has 0 saturated heterocycles. The van der Waals surface area contributed by atoms with Crippen LogP contribution in [0.5, 0.6) is 0 Å². The Morgan fingerprint density at radius 3 is 2.48 bits per heavy atom. The lowest BCUT2D eigenvalue weighted by Crippen LogP contribution is -2.17. The third kappa shape index (κ3) is 4.36. The van der Waals surface area contributed by atoms with Crippen LogP contribution in [0.15, 0.2) is 54.6 Å². The standard InChI is InChI=1S/C20H18F3N3O/c1-13-10-14(2)26(25-13)18-9-4-3-8-17(18)24-19(27)12-15-6-5-7-16(11-15)20(21,22)23/h3-11H,12H2,1-2H3,(H,24,27). The number of aryl methyl sites for hydroxylation is 2. The van der Waals surface area contributed by atoms with E-state index in [0.29, 0.717) is 16.9 Å². The van der Waals surface area contributed by atoms with E-state index in [1.807, 2.05) is 32.0 Å². The van der Waals surface area contributed by atoms with Crippen LogP contribution in [-0.2, 0) is 17.4 Å². The zero-order valence-electron chi connectivity index (χ0n) is 14.8. The molecule has 0 radical (unpaired) electrons. The van der Waals surface area contributed by atoms with Gasteiger partial charge in [-0.2, -0.15) is 18.3 Å². The first-order valence-electron chi connectivity index (χ1n) is 8.33. The Balaban J connectivity index is 1.81. The third-order valence-electron chi connectivity index (χ3n) is 4.03. The first-order chi connectivity index (χ1) is 12.7. The van der Waals surface area contributed by atoms with Gasteiger partial charge in [0.05, 0.1) is 29.1 Å². The normalized spacial score (nSPS) is 11.4. The Hall–Kier alpha value is -3.09. The third-order valence-corrected chi connectivity index (χ3v) is 4.03. The van der Waals surface area contributed by atoms with Crippen molar-refractivity contribution in [2.24, 2.45) is 0 Å². The lowest BCUT2D eigenvalue weighted by Gasteiger charge is -2.13. The lowest BCUT2D eigenvalue weighted by atomic mass is 10.1. The highest BCUT2D eigenvalue weighted by Gasteiger charge is 2.30. The predicted octanol–water partition coefficient (Wildman–Crippen LogP) is 4.69. The topological polar surface area (TPSA) is 46.9 Å². The average molecular weight is 373 g/mol. The second-order valence-electron chi connectivity index (χ2n) is 6.28. The molecule has 0 fully saturated rings. The van der Waals surface area contributed by atoms with Gasteiger partial charge in [0.25, 0.3) is 0 Å². The molecule has 0 aliphatic rings. The monoisotopic (exact) mass is 373 g/mol. The summed E-state index contributed by atoms with van der Waals surface area (Å²) in [7, 11) is 0. The van der Waals surface area contributed by atoms with E-state index in [-0.39, 0.29) is 6.42 Å². The van der Waals surface area contributed by atoms with Crippen LogP contribution in [0.25, 0.3) is 5.69 Å². The van der Waals surface area contributed by atoms with Gasteiger partial charge >= 0.3 is 6.18 Å². The summed E-state index contributed by atoms with van der Waals surface area (Å²) in [6.07, 6.45) is -4.59. The number of nitrogens with one attached hydrogen (secondary N) is 1. The summed E-state index contributed by atoms with van der Waals surface area (Å²) in [5.74, 6) is -0.400. The zero-order chi connectivity index (χ0) is 19.6. The van der Waals surface area contributed by atoms with Crippen molar-refractivity contribution in [2.45, 2.75) is 26.4 Å². The number of hydrogen-bond acceptors (Lipinski definition) is 2. The van der Waals surface area contributed by atoms with E-state index in [4.69, 9.17) is 0 Å². The van der Waals surface area contributed by atoms with Gasteiger partial charge in [0, 0.05) is 5.69 Å². The van der Waals surface area contributed by atoms with Crippen LogP contribution in [0.1, 0.15) is 22.5 Å². The Morgan fingerprint density at radius 1 is 1.07 bits per heavy atom. The van der Waals surface area contributed by atoms with Crippen molar-refractivity contribution in [1.82, 2.24) is 9.78 Å². The quantitative estimate of drug-likeness (QED) is 0.721. The highest BCUT2D eigenvalue weighted by atomic mass is 19.4. The summed E-state index contributed by atoms with van der Waals surface area (Å²) in [5, 5.41) is 7.18. The fourth-order valence-corrected chi connectivity index (χ4v) is 2.87. The van der Waals surface area contributed by atoms with Crippen LogP contribution < -0.4 is 5.32 Å².